The highest BCUT2D eigenvalue weighted by Crippen LogP contribution is 2.45. The number of ether oxygens (including phenoxy) is 4. The number of hydrogen-bond donors (Lipinski definition) is 3. The van der Waals surface area contributed by atoms with Gasteiger partial charge in [0, 0.05) is 25.7 Å². The Balaban J connectivity index is 5.26. The first-order valence-electron chi connectivity index (χ1n) is 36.6. The molecule has 0 heterocycles. The summed E-state index contributed by atoms with van der Waals surface area (Å²) in [4.78, 5) is 72.5. The zero-order chi connectivity index (χ0) is 65.7. The van der Waals surface area contributed by atoms with Crippen molar-refractivity contribution in [2.75, 3.05) is 39.6 Å². The number of unbranched alkanes of at least 4 members (excludes halogenated alkanes) is 37. The van der Waals surface area contributed by atoms with Gasteiger partial charge in [-0.2, -0.15) is 0 Å². The van der Waals surface area contributed by atoms with Crippen LogP contribution in [0.1, 0.15) is 356 Å². The molecule has 0 radical (unpaired) electrons. The molecular formula is C70H136O17P2. The maximum atomic E-state index is 13.0. The minimum Gasteiger partial charge on any atom is -0.462 e. The number of rotatable bonds is 69. The number of aliphatic hydroxyl groups excluding tert-OH is 1. The fourth-order valence-electron chi connectivity index (χ4n) is 10.5. The lowest BCUT2D eigenvalue weighted by Gasteiger charge is -2.21. The molecule has 0 aliphatic heterocycles. The van der Waals surface area contributed by atoms with Crippen molar-refractivity contribution in [2.24, 2.45) is 11.8 Å². The van der Waals surface area contributed by atoms with E-state index >= 15 is 0 Å². The Bertz CT molecular complexity index is 1740. The molecular weight excluding hydrogens is 1170 g/mol. The van der Waals surface area contributed by atoms with Gasteiger partial charge in [-0.3, -0.25) is 37.3 Å². The molecule has 0 spiro atoms. The SMILES string of the molecule is CCCCCCCCCCCCCCCCC(=O)O[C@H](COC(=O)CCCCCCCCCCCCCCC)COP(=O)(O)OC[C@@H](O)COP(=O)(O)OC[C@@H](COC(=O)CCCCCCCCC(C)CC)OC(=O)CCCCCCCCCCC(C)CC. The Labute approximate surface area is 543 Å². The average molecular weight is 1310 g/mol. The summed E-state index contributed by atoms with van der Waals surface area (Å²) in [7, 11) is -9.90. The predicted molar refractivity (Wildman–Crippen MR) is 358 cm³/mol. The summed E-state index contributed by atoms with van der Waals surface area (Å²) in [6.45, 7) is 9.51. The summed E-state index contributed by atoms with van der Waals surface area (Å²) >= 11 is 0. The molecule has 0 rings (SSSR count). The van der Waals surface area contributed by atoms with Crippen molar-refractivity contribution in [1.29, 1.82) is 0 Å². The van der Waals surface area contributed by atoms with E-state index in [2.05, 4.69) is 41.5 Å². The van der Waals surface area contributed by atoms with Gasteiger partial charge in [-0.05, 0) is 37.5 Å². The van der Waals surface area contributed by atoms with Gasteiger partial charge in [0.1, 0.15) is 19.3 Å². The molecule has 528 valence electrons. The van der Waals surface area contributed by atoms with Crippen LogP contribution < -0.4 is 0 Å². The van der Waals surface area contributed by atoms with Crippen LogP contribution in [-0.4, -0.2) is 96.7 Å². The molecule has 3 N–H and O–H groups in total. The largest absolute Gasteiger partial charge is 0.472 e. The number of phosphoric acid groups is 2. The van der Waals surface area contributed by atoms with Crippen LogP contribution in [0.4, 0.5) is 0 Å². The van der Waals surface area contributed by atoms with Crippen LogP contribution in [0.3, 0.4) is 0 Å². The van der Waals surface area contributed by atoms with Crippen LogP contribution in [0.5, 0.6) is 0 Å². The van der Waals surface area contributed by atoms with Crippen LogP contribution in [0.2, 0.25) is 0 Å². The van der Waals surface area contributed by atoms with E-state index in [-0.39, 0.29) is 25.7 Å². The number of aliphatic hydroxyl groups is 1. The second kappa shape index (κ2) is 62.2. The molecule has 19 heteroatoms. The lowest BCUT2D eigenvalue weighted by Crippen LogP contribution is -2.30. The molecule has 0 amide bonds. The molecule has 0 fully saturated rings. The van der Waals surface area contributed by atoms with E-state index in [1.54, 1.807) is 0 Å². The Morgan fingerprint density at radius 2 is 0.539 bits per heavy atom. The summed E-state index contributed by atoms with van der Waals surface area (Å²) < 4.78 is 68.3. The van der Waals surface area contributed by atoms with Crippen molar-refractivity contribution in [3.8, 4) is 0 Å². The molecule has 4 unspecified atom stereocenters. The first-order valence-corrected chi connectivity index (χ1v) is 39.6. The van der Waals surface area contributed by atoms with E-state index in [9.17, 15) is 43.2 Å². The van der Waals surface area contributed by atoms with Gasteiger partial charge in [0.05, 0.1) is 26.4 Å². The lowest BCUT2D eigenvalue weighted by atomic mass is 9.99. The van der Waals surface area contributed by atoms with Crippen molar-refractivity contribution in [2.45, 2.75) is 374 Å². The van der Waals surface area contributed by atoms with Crippen LogP contribution in [0, 0.1) is 11.8 Å². The minimum absolute atomic E-state index is 0.104. The smallest absolute Gasteiger partial charge is 0.462 e. The van der Waals surface area contributed by atoms with Gasteiger partial charge in [0.2, 0.25) is 0 Å². The van der Waals surface area contributed by atoms with Crippen LogP contribution >= 0.6 is 15.6 Å². The maximum absolute atomic E-state index is 13.0. The number of carbonyl (C=O) groups excluding carboxylic acids is 4. The fourth-order valence-corrected chi connectivity index (χ4v) is 12.1. The van der Waals surface area contributed by atoms with Gasteiger partial charge in [0.25, 0.3) is 0 Å². The second-order valence-corrected chi connectivity index (χ2v) is 28.7. The van der Waals surface area contributed by atoms with Gasteiger partial charge in [0.15, 0.2) is 12.2 Å². The highest BCUT2D eigenvalue weighted by molar-refractivity contribution is 7.47. The summed E-state index contributed by atoms with van der Waals surface area (Å²) in [5.41, 5.74) is 0. The van der Waals surface area contributed by atoms with E-state index < -0.39 is 97.5 Å². The highest BCUT2D eigenvalue weighted by atomic mass is 31.2. The van der Waals surface area contributed by atoms with E-state index in [1.807, 2.05) is 0 Å². The summed E-state index contributed by atoms with van der Waals surface area (Å²) in [5.74, 6) is -0.624. The van der Waals surface area contributed by atoms with Gasteiger partial charge < -0.3 is 33.8 Å². The molecule has 0 aromatic carbocycles. The highest BCUT2D eigenvalue weighted by Gasteiger charge is 2.30. The third kappa shape index (κ3) is 62.0. The standard InChI is InChI=1S/C70H136O17P2/c1-7-11-13-15-17-19-21-23-25-27-29-34-42-48-54-69(74)86-65(58-80-67(72)52-46-40-33-28-26-24-22-20-18-16-14-12-8-2)60-84-88(76,77)82-56-64(71)57-83-89(78,79)85-61-66(59-81-68(73)53-47-41-37-36-39-45-51-63(6)10-4)87-70(75)55-49-43-35-31-30-32-38-44-50-62(5)9-3/h62-66,71H,7-61H2,1-6H3,(H,76,77)(H,78,79)/t62?,63?,64-,65-,66-/m1/s1. The number of phosphoric ester groups is 2. The van der Waals surface area contributed by atoms with Crippen LogP contribution in [0.25, 0.3) is 0 Å². The molecule has 0 bridgehead atoms. The molecule has 0 aromatic rings. The van der Waals surface area contributed by atoms with E-state index in [1.165, 1.54) is 167 Å². The molecule has 0 saturated heterocycles. The van der Waals surface area contributed by atoms with Crippen molar-refractivity contribution in [3.05, 3.63) is 0 Å². The van der Waals surface area contributed by atoms with Crippen molar-refractivity contribution < 1.29 is 80.2 Å². The molecule has 17 nitrogen and oxygen atoms in total. The number of carbonyl (C=O) groups is 4. The van der Waals surface area contributed by atoms with Crippen molar-refractivity contribution in [1.82, 2.24) is 0 Å². The normalized spacial score (nSPS) is 14.8. The summed E-state index contributed by atoms with van der Waals surface area (Å²) in [6, 6.07) is 0. The fraction of sp³-hybridized carbons (Fsp3) is 0.943. The monoisotopic (exact) mass is 1310 g/mol. The zero-order valence-corrected chi connectivity index (χ0v) is 59.5. The Hall–Kier alpha value is -1.94. The van der Waals surface area contributed by atoms with Gasteiger partial charge in [-0.25, -0.2) is 9.13 Å². The second-order valence-electron chi connectivity index (χ2n) is 25.8. The van der Waals surface area contributed by atoms with Crippen molar-refractivity contribution in [3.63, 3.8) is 0 Å². The van der Waals surface area contributed by atoms with Gasteiger partial charge >= 0.3 is 39.5 Å². The minimum atomic E-state index is -4.95. The first-order chi connectivity index (χ1) is 42.9. The quantitative estimate of drug-likeness (QED) is 0.0222. The topological polar surface area (TPSA) is 237 Å². The predicted octanol–water partition coefficient (Wildman–Crippen LogP) is 20.0. The third-order valence-electron chi connectivity index (χ3n) is 16.9. The van der Waals surface area contributed by atoms with E-state index in [4.69, 9.17) is 37.0 Å². The Kier molecular flexibility index (Phi) is 60.8. The zero-order valence-electron chi connectivity index (χ0n) is 57.7. The van der Waals surface area contributed by atoms with E-state index in [0.717, 1.165) is 108 Å². The molecule has 0 aliphatic rings. The average Bonchev–Trinajstić information content (AvgIpc) is 3.64. The molecule has 89 heavy (non-hydrogen) atoms. The summed E-state index contributed by atoms with van der Waals surface area (Å²) in [5, 5.41) is 10.6. The number of esters is 4. The molecule has 0 saturated carbocycles. The first kappa shape index (κ1) is 87.1. The number of hydrogen-bond acceptors (Lipinski definition) is 15. The maximum Gasteiger partial charge on any atom is 0.472 e. The summed E-state index contributed by atoms with van der Waals surface area (Å²) in [6.07, 6.45) is 47.0. The van der Waals surface area contributed by atoms with Crippen molar-refractivity contribution >= 4 is 39.5 Å². The molecule has 0 aromatic heterocycles. The van der Waals surface area contributed by atoms with E-state index in [0.29, 0.717) is 25.7 Å². The van der Waals surface area contributed by atoms with Crippen LogP contribution in [-0.2, 0) is 65.4 Å². The lowest BCUT2D eigenvalue weighted by molar-refractivity contribution is -0.161. The molecule has 0 aliphatic carbocycles. The Morgan fingerprint density at radius 3 is 0.798 bits per heavy atom. The van der Waals surface area contributed by atoms with Crippen LogP contribution in [0.15, 0.2) is 0 Å². The van der Waals surface area contributed by atoms with Gasteiger partial charge in [-0.1, -0.05) is 305 Å². The molecule has 7 atom stereocenters. The Morgan fingerprint density at radius 1 is 0.315 bits per heavy atom. The third-order valence-corrected chi connectivity index (χ3v) is 18.8. The van der Waals surface area contributed by atoms with Gasteiger partial charge in [-0.15, -0.1) is 0 Å².